The lowest BCUT2D eigenvalue weighted by Gasteiger charge is -2.06. The molecule has 8 nitrogen and oxygen atoms in total. The molecule has 0 fully saturated rings. The number of amides is 1. The first kappa shape index (κ1) is 15.3. The number of carboxylic acid groups (broad SMARTS) is 1. The summed E-state index contributed by atoms with van der Waals surface area (Å²) in [5.41, 5.74) is 1.95. The molecule has 0 saturated heterocycles. The maximum absolute atomic E-state index is 12.2. The molecule has 0 bridgehead atoms. The van der Waals surface area contributed by atoms with Crippen LogP contribution in [-0.4, -0.2) is 37.2 Å². The van der Waals surface area contributed by atoms with Crippen LogP contribution in [0, 0.1) is 0 Å². The molecule has 0 atom stereocenters. The highest BCUT2D eigenvalue weighted by Crippen LogP contribution is 2.17. The third-order valence-electron chi connectivity index (χ3n) is 3.42. The Balaban J connectivity index is 1.73. The average Bonchev–Trinajstić information content (AvgIpc) is 3.01. The van der Waals surface area contributed by atoms with E-state index in [0.717, 1.165) is 5.56 Å². The van der Waals surface area contributed by atoms with Gasteiger partial charge in [-0.15, -0.1) is 5.10 Å². The molecule has 0 radical (unpaired) electrons. The summed E-state index contributed by atoms with van der Waals surface area (Å²) in [5, 5.41) is 22.8. The van der Waals surface area contributed by atoms with Crippen molar-refractivity contribution in [3.05, 3.63) is 59.7 Å². The fourth-order valence-corrected chi connectivity index (χ4v) is 2.14. The number of aryl methyl sites for hydroxylation is 1. The second-order valence-corrected chi connectivity index (χ2v) is 5.04. The van der Waals surface area contributed by atoms with Gasteiger partial charge in [-0.2, -0.15) is 0 Å². The molecule has 2 N–H and O–H groups in total. The Hall–Kier alpha value is -3.55. The van der Waals surface area contributed by atoms with E-state index in [0.29, 0.717) is 17.1 Å². The summed E-state index contributed by atoms with van der Waals surface area (Å²) in [7, 11) is 1.73. The second-order valence-electron chi connectivity index (χ2n) is 5.04. The van der Waals surface area contributed by atoms with E-state index in [1.165, 1.54) is 12.1 Å². The quantitative estimate of drug-likeness (QED) is 0.758. The summed E-state index contributed by atoms with van der Waals surface area (Å²) in [6.07, 6.45) is 0. The first-order chi connectivity index (χ1) is 11.5. The fraction of sp³-hybridized carbons (Fsp3) is 0.0625. The van der Waals surface area contributed by atoms with Crippen molar-refractivity contribution in [3.63, 3.8) is 0 Å². The zero-order valence-corrected chi connectivity index (χ0v) is 12.7. The lowest BCUT2D eigenvalue weighted by atomic mass is 10.1. The molecule has 0 aliphatic heterocycles. The minimum absolute atomic E-state index is 0.162. The van der Waals surface area contributed by atoms with Crippen LogP contribution in [0.3, 0.4) is 0 Å². The highest BCUT2D eigenvalue weighted by atomic mass is 16.4. The largest absolute Gasteiger partial charge is 0.478 e. The Morgan fingerprint density at radius 3 is 2.17 bits per heavy atom. The number of hydrogen-bond donors (Lipinski definition) is 2. The van der Waals surface area contributed by atoms with Crippen LogP contribution in [0.4, 0.5) is 5.69 Å². The molecule has 120 valence electrons. The Kier molecular flexibility index (Phi) is 4.02. The highest BCUT2D eigenvalue weighted by molar-refractivity contribution is 6.04. The summed E-state index contributed by atoms with van der Waals surface area (Å²) in [6.45, 7) is 0. The van der Waals surface area contributed by atoms with Crippen molar-refractivity contribution in [2.24, 2.45) is 7.05 Å². The Labute approximate surface area is 136 Å². The third-order valence-corrected chi connectivity index (χ3v) is 3.42. The molecule has 24 heavy (non-hydrogen) atoms. The number of benzene rings is 2. The molecule has 1 heterocycles. The van der Waals surface area contributed by atoms with Gasteiger partial charge in [0, 0.05) is 23.9 Å². The van der Waals surface area contributed by atoms with Crippen LogP contribution in [0.15, 0.2) is 48.5 Å². The van der Waals surface area contributed by atoms with E-state index in [2.05, 4.69) is 20.8 Å². The van der Waals surface area contributed by atoms with Crippen LogP contribution in [0.25, 0.3) is 11.4 Å². The predicted molar refractivity (Wildman–Crippen MR) is 85.6 cm³/mol. The van der Waals surface area contributed by atoms with E-state index in [1.807, 2.05) is 0 Å². The second kappa shape index (κ2) is 6.29. The first-order valence-electron chi connectivity index (χ1n) is 7.02. The molecule has 0 aliphatic rings. The smallest absolute Gasteiger partial charge is 0.335 e. The van der Waals surface area contributed by atoms with Gasteiger partial charge in [-0.1, -0.05) is 12.1 Å². The van der Waals surface area contributed by atoms with Crippen LogP contribution in [-0.2, 0) is 7.05 Å². The fourth-order valence-electron chi connectivity index (χ4n) is 2.14. The topological polar surface area (TPSA) is 110 Å². The van der Waals surface area contributed by atoms with Gasteiger partial charge in [-0.05, 0) is 46.8 Å². The molecule has 8 heteroatoms. The van der Waals surface area contributed by atoms with Crippen molar-refractivity contribution in [3.8, 4) is 11.4 Å². The van der Waals surface area contributed by atoms with E-state index < -0.39 is 5.97 Å². The SMILES string of the molecule is Cn1nnnc1-c1ccc(C(=O)Nc2ccc(C(=O)O)cc2)cc1. The number of nitrogens with one attached hydrogen (secondary N) is 1. The summed E-state index contributed by atoms with van der Waals surface area (Å²) in [6, 6.07) is 12.8. The minimum atomic E-state index is -1.01. The van der Waals surface area contributed by atoms with Gasteiger partial charge in [0.2, 0.25) is 0 Å². The number of rotatable bonds is 4. The molecule has 1 amide bonds. The van der Waals surface area contributed by atoms with Gasteiger partial charge >= 0.3 is 5.97 Å². The van der Waals surface area contributed by atoms with Crippen LogP contribution < -0.4 is 5.32 Å². The number of carbonyl (C=O) groups excluding carboxylic acids is 1. The van der Waals surface area contributed by atoms with Crippen molar-refractivity contribution in [1.82, 2.24) is 20.2 Å². The molecule has 0 unspecified atom stereocenters. The number of carbonyl (C=O) groups is 2. The number of aromatic carboxylic acids is 1. The molecule has 0 spiro atoms. The van der Waals surface area contributed by atoms with Gasteiger partial charge in [-0.25, -0.2) is 9.48 Å². The average molecular weight is 323 g/mol. The Morgan fingerprint density at radius 2 is 1.62 bits per heavy atom. The molecule has 1 aromatic heterocycles. The van der Waals surface area contributed by atoms with Crippen LogP contribution in [0.1, 0.15) is 20.7 Å². The monoisotopic (exact) mass is 323 g/mol. The van der Waals surface area contributed by atoms with Crippen molar-refractivity contribution < 1.29 is 14.7 Å². The minimum Gasteiger partial charge on any atom is -0.478 e. The lowest BCUT2D eigenvalue weighted by molar-refractivity contribution is 0.0696. The first-order valence-corrected chi connectivity index (χ1v) is 7.02. The van der Waals surface area contributed by atoms with E-state index in [-0.39, 0.29) is 11.5 Å². The van der Waals surface area contributed by atoms with E-state index in [4.69, 9.17) is 5.11 Å². The van der Waals surface area contributed by atoms with Crippen molar-refractivity contribution in [2.75, 3.05) is 5.32 Å². The van der Waals surface area contributed by atoms with E-state index in [9.17, 15) is 9.59 Å². The zero-order valence-electron chi connectivity index (χ0n) is 12.7. The summed E-state index contributed by atoms with van der Waals surface area (Å²) < 4.78 is 1.54. The number of anilines is 1. The van der Waals surface area contributed by atoms with Crippen LogP contribution in [0.2, 0.25) is 0 Å². The normalized spacial score (nSPS) is 10.4. The molecular formula is C16H13N5O3. The Morgan fingerprint density at radius 1 is 1.00 bits per heavy atom. The Bertz CT molecular complexity index is 885. The molecular weight excluding hydrogens is 310 g/mol. The van der Waals surface area contributed by atoms with Gasteiger partial charge in [-0.3, -0.25) is 4.79 Å². The number of aromatic nitrogens is 4. The van der Waals surface area contributed by atoms with Crippen LogP contribution in [0.5, 0.6) is 0 Å². The molecule has 0 saturated carbocycles. The van der Waals surface area contributed by atoms with Gasteiger partial charge < -0.3 is 10.4 Å². The maximum Gasteiger partial charge on any atom is 0.335 e. The molecule has 0 aliphatic carbocycles. The van der Waals surface area contributed by atoms with Crippen LogP contribution >= 0.6 is 0 Å². The van der Waals surface area contributed by atoms with E-state index in [1.54, 1.807) is 48.1 Å². The predicted octanol–water partition coefficient (Wildman–Crippen LogP) is 1.83. The summed E-state index contributed by atoms with van der Waals surface area (Å²) in [4.78, 5) is 23.0. The maximum atomic E-state index is 12.2. The van der Waals surface area contributed by atoms with Gasteiger partial charge in [0.05, 0.1) is 5.56 Å². The van der Waals surface area contributed by atoms with Crippen molar-refractivity contribution >= 4 is 17.6 Å². The number of nitrogens with zero attached hydrogens (tertiary/aromatic N) is 4. The molecule has 2 aromatic carbocycles. The van der Waals surface area contributed by atoms with Crippen molar-refractivity contribution in [2.45, 2.75) is 0 Å². The third kappa shape index (κ3) is 3.12. The van der Waals surface area contributed by atoms with Gasteiger partial charge in [0.1, 0.15) is 0 Å². The zero-order chi connectivity index (χ0) is 17.1. The van der Waals surface area contributed by atoms with E-state index >= 15 is 0 Å². The van der Waals surface area contributed by atoms with Gasteiger partial charge in [0.15, 0.2) is 5.82 Å². The number of tetrazole rings is 1. The standard InChI is InChI=1S/C16H13N5O3/c1-21-14(18-19-20-21)10-2-4-11(5-3-10)15(22)17-13-8-6-12(7-9-13)16(23)24/h2-9H,1H3,(H,17,22)(H,23,24). The van der Waals surface area contributed by atoms with Crippen molar-refractivity contribution in [1.29, 1.82) is 0 Å². The summed E-state index contributed by atoms with van der Waals surface area (Å²) >= 11 is 0. The number of carboxylic acids is 1. The number of hydrogen-bond acceptors (Lipinski definition) is 5. The highest BCUT2D eigenvalue weighted by Gasteiger charge is 2.10. The lowest BCUT2D eigenvalue weighted by Crippen LogP contribution is -2.12. The summed E-state index contributed by atoms with van der Waals surface area (Å²) in [5.74, 6) is -0.700. The molecule has 3 aromatic rings. The van der Waals surface area contributed by atoms with Gasteiger partial charge in [0.25, 0.3) is 5.91 Å². The molecule has 3 rings (SSSR count).